The Labute approximate surface area is 686 Å². The highest BCUT2D eigenvalue weighted by Gasteiger charge is 2.49. The summed E-state index contributed by atoms with van der Waals surface area (Å²) in [5.41, 5.74) is 21.0. The number of fused-ring (bicyclic) bond motifs is 6. The number of unbranched alkanes of at least 4 members (excludes halogenated alkanes) is 6. The van der Waals surface area contributed by atoms with E-state index in [0.717, 1.165) is 176 Å². The predicted octanol–water partition coefficient (Wildman–Crippen LogP) is 30.6. The molecule has 0 aromatic heterocycles. The third kappa shape index (κ3) is 14.7. The minimum atomic E-state index is -1.16. The van der Waals surface area contributed by atoms with Gasteiger partial charge in [0.05, 0.1) is 10.8 Å². The van der Waals surface area contributed by atoms with Gasteiger partial charge >= 0.3 is 0 Å². The number of benzene rings is 15. The molecule has 0 amide bonds. The molecule has 4 nitrogen and oxygen atoms in total. The van der Waals surface area contributed by atoms with Crippen molar-refractivity contribution in [1.29, 1.82) is 0 Å². The number of hydrogen-bond acceptors (Lipinski definition) is 4. The van der Waals surface area contributed by atoms with E-state index < -0.39 is 34.1 Å². The molecular weight excluding hydrogens is 1470 g/mol. The molecule has 10 heteroatoms. The lowest BCUT2D eigenvalue weighted by Gasteiger charge is -2.35. The summed E-state index contributed by atoms with van der Waals surface area (Å²) in [4.78, 5) is 4.25. The fourth-order valence-corrected chi connectivity index (χ4v) is 17.8. The van der Waals surface area contributed by atoms with E-state index in [1.54, 1.807) is 48.6 Å². The van der Waals surface area contributed by atoms with Crippen LogP contribution in [-0.2, 0) is 23.7 Å². The van der Waals surface area contributed by atoms with Gasteiger partial charge in [-0.15, -0.1) is 0 Å². The van der Waals surface area contributed by atoms with E-state index in [2.05, 4.69) is 158 Å². The van der Waals surface area contributed by atoms with Crippen molar-refractivity contribution < 1.29 is 35.8 Å². The molecule has 0 aliphatic heterocycles. The van der Waals surface area contributed by atoms with Crippen molar-refractivity contribution in [2.24, 2.45) is 0 Å². The van der Waals surface area contributed by atoms with Gasteiger partial charge in [-0.05, 0) is 307 Å². The molecule has 0 N–H and O–H groups in total. The molecule has 15 aromatic carbocycles. The third-order valence-electron chi connectivity index (χ3n) is 23.5. The van der Waals surface area contributed by atoms with E-state index in [-0.39, 0.29) is 11.6 Å². The number of hydrogen-bond donors (Lipinski definition) is 0. The molecule has 2 unspecified atom stereocenters. The second kappa shape index (κ2) is 33.4. The minimum absolute atomic E-state index is 0.377. The first-order chi connectivity index (χ1) is 57.7. The van der Waals surface area contributed by atoms with Crippen LogP contribution < -0.4 is 19.3 Å². The molecule has 0 saturated heterocycles. The van der Waals surface area contributed by atoms with Crippen molar-refractivity contribution in [3.63, 3.8) is 0 Å². The van der Waals surface area contributed by atoms with Crippen LogP contribution in [0.2, 0.25) is 0 Å². The number of halogens is 6. The summed E-state index contributed by atoms with van der Waals surface area (Å²) in [6, 6.07) is 103. The Morgan fingerprint density at radius 2 is 0.602 bits per heavy atom. The van der Waals surface area contributed by atoms with Gasteiger partial charge < -0.3 is 19.3 Å². The normalized spacial score (nSPS) is 14.2. The average molecular weight is 1560 g/mol. The predicted molar refractivity (Wildman–Crippen MR) is 470 cm³/mol. The summed E-state index contributed by atoms with van der Waals surface area (Å²) < 4.78 is 106. The Kier molecular flexibility index (Phi) is 21.8. The zero-order valence-electron chi connectivity index (χ0n) is 65.8. The first-order valence-electron chi connectivity index (χ1n) is 40.6. The van der Waals surface area contributed by atoms with E-state index >= 15 is 26.3 Å². The van der Waals surface area contributed by atoms with Crippen molar-refractivity contribution in [1.82, 2.24) is 0 Å². The first kappa shape index (κ1) is 77.2. The third-order valence-corrected chi connectivity index (χ3v) is 23.5. The molecule has 17 rings (SSSR count). The summed E-state index contributed by atoms with van der Waals surface area (Å²) >= 11 is 0. The van der Waals surface area contributed by atoms with Gasteiger partial charge in [-0.1, -0.05) is 235 Å². The topological polar surface area (TPSA) is 24.9 Å². The largest absolute Gasteiger partial charge is 0.457 e. The number of ether oxygens (including phenoxy) is 2. The molecule has 0 heterocycles. The van der Waals surface area contributed by atoms with E-state index in [9.17, 15) is 0 Å². The quantitative estimate of drug-likeness (QED) is 0.0360. The highest BCUT2D eigenvalue weighted by Crippen LogP contribution is 2.60. The first-order valence-corrected chi connectivity index (χ1v) is 40.6. The van der Waals surface area contributed by atoms with Crippen molar-refractivity contribution in [3.8, 4) is 67.5 Å². The highest BCUT2D eigenvalue weighted by atomic mass is 19.2. The van der Waals surface area contributed by atoms with Gasteiger partial charge in [0.25, 0.3) is 0 Å². The van der Waals surface area contributed by atoms with Gasteiger partial charge in [0, 0.05) is 34.1 Å². The van der Waals surface area contributed by atoms with Crippen LogP contribution >= 0.6 is 0 Å². The van der Waals surface area contributed by atoms with Crippen LogP contribution in [0.3, 0.4) is 0 Å². The smallest absolute Gasteiger partial charge is 0.159 e. The highest BCUT2D eigenvalue weighted by molar-refractivity contribution is 5.93. The summed E-state index contributed by atoms with van der Waals surface area (Å²) in [5.74, 6) is -2.09. The van der Waals surface area contributed by atoms with Gasteiger partial charge in [0.1, 0.15) is 34.6 Å². The lowest BCUT2D eigenvalue weighted by molar-refractivity contribution is 0.482. The van der Waals surface area contributed by atoms with Gasteiger partial charge in [-0.25, -0.2) is 26.3 Å². The SMILES string of the molecule is C=Cc1ccc(Oc2ccc(C3(c4ccc(F)c(F)c4)c4ccccc4-c4ccc(N(c5ccc(F)cc5)c5ccc(-c6cc(CCCCCC)c(-c7ccc(N(c8ccc(F)cc8)c8ccc9c(c8)C(c8ccc(Oc%10ccc(C=C)cc%10)cc8)(c8ccc(F)c(F)c8)c8ccccc8-9)cc7)cc6CCCCCC)cc5)cc43)cc2)cc1. The molecule has 2 atom stereocenters. The summed E-state index contributed by atoms with van der Waals surface area (Å²) in [5, 5.41) is 0. The Bertz CT molecular complexity index is 5810. The van der Waals surface area contributed by atoms with Crippen molar-refractivity contribution in [3.05, 3.63) is 442 Å². The molecule has 0 spiro atoms. The number of nitrogens with zero attached hydrogens (tertiary/aromatic N) is 2. The molecule has 15 aromatic rings. The maximum atomic E-state index is 16.1. The van der Waals surface area contributed by atoms with Crippen LogP contribution in [0, 0.1) is 34.9 Å². The van der Waals surface area contributed by atoms with Gasteiger partial charge in [-0.3, -0.25) is 0 Å². The molecule has 2 aliphatic rings. The molecule has 0 bridgehead atoms. The summed E-state index contributed by atoms with van der Waals surface area (Å²) in [6.45, 7) is 12.2. The molecule has 118 heavy (non-hydrogen) atoms. The Balaban J connectivity index is 0.755. The Hall–Kier alpha value is -13.4. The zero-order chi connectivity index (χ0) is 81.0. The molecule has 0 radical (unpaired) electrons. The maximum Gasteiger partial charge on any atom is 0.159 e. The fraction of sp³-hybridized carbons (Fsp3) is 0.130. The van der Waals surface area contributed by atoms with Gasteiger partial charge in [-0.2, -0.15) is 0 Å². The van der Waals surface area contributed by atoms with Crippen LogP contribution in [0.1, 0.15) is 132 Å². The van der Waals surface area contributed by atoms with Crippen LogP contribution in [0.5, 0.6) is 23.0 Å². The second-order valence-corrected chi connectivity index (χ2v) is 30.6. The van der Waals surface area contributed by atoms with Gasteiger partial charge in [0.2, 0.25) is 0 Å². The van der Waals surface area contributed by atoms with Crippen LogP contribution in [0.25, 0.3) is 56.7 Å². The number of rotatable bonds is 28. The average Bonchev–Trinajstić information content (AvgIpc) is 1.54. The van der Waals surface area contributed by atoms with Crippen LogP contribution in [-0.4, -0.2) is 0 Å². The van der Waals surface area contributed by atoms with E-state index in [1.165, 1.54) is 59.7 Å². The molecule has 582 valence electrons. The van der Waals surface area contributed by atoms with Crippen molar-refractivity contribution in [2.75, 3.05) is 9.80 Å². The van der Waals surface area contributed by atoms with Crippen LogP contribution in [0.15, 0.2) is 341 Å². The fourth-order valence-electron chi connectivity index (χ4n) is 17.8. The molecule has 0 saturated carbocycles. The second-order valence-electron chi connectivity index (χ2n) is 30.6. The zero-order valence-corrected chi connectivity index (χ0v) is 65.8. The standard InChI is InChI=1S/C108H86F6N2O2/c1-5-9-11-13-19-75-65-98(74-31-45-84(46-32-74)116(86-49-41-82(110)42-50-86)88-52-62-96-94-22-16-18-24-100(94)108(102(96)70-88,80-38-64-104(112)106(114)68-80)78-35-59-92(60-36-78)118-90-55-27-72(8-4)28-56-90)76(20-14-12-10-6-2)66-97(75)73-29-43-83(44-30-73)115(85-47-39-81(109)40-48-85)87-51-61-95-93-21-15-17-23-99(93)107(101(95)69-87,79-37-63-103(111)105(113)67-79)77-33-57-91(58-34-77)117-89-53-25-71(7-3)26-54-89/h7-8,15-18,21-70H,3-6,9-14,19-20H2,1-2H3. The van der Waals surface area contributed by atoms with E-state index in [1.807, 2.05) is 121 Å². The maximum absolute atomic E-state index is 16.1. The van der Waals surface area contributed by atoms with Crippen LogP contribution in [0.4, 0.5) is 60.5 Å². The van der Waals surface area contributed by atoms with Crippen molar-refractivity contribution in [2.45, 2.75) is 88.9 Å². The lowest BCUT2D eigenvalue weighted by atomic mass is 9.67. The van der Waals surface area contributed by atoms with E-state index in [0.29, 0.717) is 45.5 Å². The molecule has 0 fully saturated rings. The Morgan fingerprint density at radius 1 is 0.280 bits per heavy atom. The van der Waals surface area contributed by atoms with Gasteiger partial charge in [0.15, 0.2) is 23.3 Å². The lowest BCUT2D eigenvalue weighted by Crippen LogP contribution is -2.29. The van der Waals surface area contributed by atoms with Crippen molar-refractivity contribution >= 4 is 46.3 Å². The monoisotopic (exact) mass is 1560 g/mol. The summed E-state index contributed by atoms with van der Waals surface area (Å²) in [6.07, 6.45) is 13.8. The van der Waals surface area contributed by atoms with E-state index in [4.69, 9.17) is 9.47 Å². The minimum Gasteiger partial charge on any atom is -0.457 e. The summed E-state index contributed by atoms with van der Waals surface area (Å²) in [7, 11) is 0. The number of anilines is 6. The number of aryl methyl sites for hydroxylation is 2. The molecule has 2 aliphatic carbocycles. The Morgan fingerprint density at radius 3 is 0.949 bits per heavy atom. The molecular formula is C108H86F6N2O2.